The Balaban J connectivity index is 3.16. The fourth-order valence-electron chi connectivity index (χ4n) is 0.927. The molecule has 0 aliphatic carbocycles. The maximum Gasteiger partial charge on any atom is 0.274 e. The molecule has 1 rings (SSSR count). The number of aromatic nitrogens is 2. The molecule has 0 aliphatic heterocycles. The van der Waals surface area contributed by atoms with E-state index in [0.717, 1.165) is 0 Å². The maximum atomic E-state index is 10.8. The lowest BCUT2D eigenvalue weighted by Gasteiger charge is -2.07. The van der Waals surface area contributed by atoms with E-state index in [-0.39, 0.29) is 5.82 Å². The molecule has 1 N–H and O–H groups in total. The molecule has 1 atom stereocenters. The minimum absolute atomic E-state index is 0.248. The van der Waals surface area contributed by atoms with Crippen LogP contribution < -0.4 is 0 Å². The van der Waals surface area contributed by atoms with E-state index >= 15 is 0 Å². The standard InChI is InChI=1S/C7H10N2O3S/c1-3-9-5-4-8-7(9)6(2)13(10,11)12/h3-6H,1H2,2H3,(H,10,11,12). The number of rotatable bonds is 3. The highest BCUT2D eigenvalue weighted by molar-refractivity contribution is 7.86. The second-order valence-corrected chi connectivity index (χ2v) is 4.27. The zero-order valence-electron chi connectivity index (χ0n) is 7.08. The normalized spacial score (nSPS) is 14.0. The molecule has 72 valence electrons. The molecule has 0 aromatic carbocycles. The topological polar surface area (TPSA) is 72.2 Å². The van der Waals surface area contributed by atoms with Gasteiger partial charge < -0.3 is 4.57 Å². The molecule has 0 radical (unpaired) electrons. The van der Waals surface area contributed by atoms with Crippen LogP contribution in [-0.4, -0.2) is 22.5 Å². The lowest BCUT2D eigenvalue weighted by Crippen LogP contribution is -2.12. The summed E-state index contributed by atoms with van der Waals surface area (Å²) in [6, 6.07) is 0. The molecule has 6 heteroatoms. The van der Waals surface area contributed by atoms with Gasteiger partial charge in [0.2, 0.25) is 0 Å². The van der Waals surface area contributed by atoms with Crippen molar-refractivity contribution in [2.75, 3.05) is 0 Å². The van der Waals surface area contributed by atoms with Gasteiger partial charge in [-0.1, -0.05) is 6.58 Å². The Morgan fingerprint density at radius 3 is 2.85 bits per heavy atom. The third kappa shape index (κ3) is 1.96. The molecular weight excluding hydrogens is 192 g/mol. The summed E-state index contributed by atoms with van der Waals surface area (Å²) < 4.78 is 31.7. The molecule has 13 heavy (non-hydrogen) atoms. The van der Waals surface area contributed by atoms with E-state index in [0.29, 0.717) is 0 Å². The molecule has 0 fully saturated rings. The number of hydrogen-bond acceptors (Lipinski definition) is 3. The molecule has 0 saturated heterocycles. The summed E-state index contributed by atoms with van der Waals surface area (Å²) in [5.41, 5.74) is 0. The largest absolute Gasteiger partial charge is 0.310 e. The van der Waals surface area contributed by atoms with Crippen molar-refractivity contribution in [1.82, 2.24) is 9.55 Å². The first kappa shape index (κ1) is 9.94. The first-order valence-corrected chi connectivity index (χ1v) is 5.08. The van der Waals surface area contributed by atoms with Crippen molar-refractivity contribution in [1.29, 1.82) is 0 Å². The molecule has 0 aliphatic rings. The van der Waals surface area contributed by atoms with Crippen LogP contribution >= 0.6 is 0 Å². The third-order valence-electron chi connectivity index (χ3n) is 1.71. The Bertz CT molecular complexity index is 407. The van der Waals surface area contributed by atoms with Gasteiger partial charge in [-0.3, -0.25) is 4.55 Å². The molecule has 5 nitrogen and oxygen atoms in total. The van der Waals surface area contributed by atoms with E-state index in [4.69, 9.17) is 4.55 Å². The molecule has 1 unspecified atom stereocenters. The monoisotopic (exact) mass is 202 g/mol. The molecule has 1 aromatic rings. The van der Waals surface area contributed by atoms with Crippen molar-refractivity contribution in [2.45, 2.75) is 12.2 Å². The zero-order chi connectivity index (χ0) is 10.1. The fourth-order valence-corrected chi connectivity index (χ4v) is 1.38. The molecule has 0 spiro atoms. The Kier molecular flexibility index (Phi) is 2.53. The van der Waals surface area contributed by atoms with Crippen LogP contribution in [0.1, 0.15) is 18.0 Å². The zero-order valence-corrected chi connectivity index (χ0v) is 7.90. The van der Waals surface area contributed by atoms with Crippen LogP contribution in [0.2, 0.25) is 0 Å². The molecule has 0 bridgehead atoms. The van der Waals surface area contributed by atoms with E-state index in [2.05, 4.69) is 11.6 Å². The maximum absolute atomic E-state index is 10.8. The number of nitrogens with zero attached hydrogens (tertiary/aromatic N) is 2. The predicted molar refractivity (Wildman–Crippen MR) is 48.6 cm³/mol. The van der Waals surface area contributed by atoms with Gasteiger partial charge in [-0.15, -0.1) is 0 Å². The summed E-state index contributed by atoms with van der Waals surface area (Å²) in [5.74, 6) is 0.248. The van der Waals surface area contributed by atoms with Crippen LogP contribution in [0.25, 0.3) is 6.20 Å². The Morgan fingerprint density at radius 1 is 1.77 bits per heavy atom. The Hall–Kier alpha value is -1.14. The minimum atomic E-state index is -4.09. The predicted octanol–water partition coefficient (Wildman–Crippen LogP) is 0.932. The van der Waals surface area contributed by atoms with Crippen LogP contribution in [0.3, 0.4) is 0 Å². The van der Waals surface area contributed by atoms with Crippen LogP contribution in [0.4, 0.5) is 0 Å². The van der Waals surface area contributed by atoms with E-state index in [1.54, 1.807) is 6.20 Å². The van der Waals surface area contributed by atoms with E-state index in [9.17, 15) is 8.42 Å². The summed E-state index contributed by atoms with van der Waals surface area (Å²) in [5, 5.41) is -1.04. The van der Waals surface area contributed by atoms with Crippen molar-refractivity contribution in [3.8, 4) is 0 Å². The molecule has 1 aromatic heterocycles. The van der Waals surface area contributed by atoms with E-state index in [1.807, 2.05) is 0 Å². The average Bonchev–Trinajstić information content (AvgIpc) is 2.48. The highest BCUT2D eigenvalue weighted by atomic mass is 32.2. The average molecular weight is 202 g/mol. The van der Waals surface area contributed by atoms with Gasteiger partial charge in [0, 0.05) is 18.6 Å². The molecule has 1 heterocycles. The summed E-state index contributed by atoms with van der Waals surface area (Å²) in [6.45, 7) is 4.83. The smallest absolute Gasteiger partial charge is 0.274 e. The van der Waals surface area contributed by atoms with Gasteiger partial charge in [-0.05, 0) is 6.92 Å². The van der Waals surface area contributed by atoms with Crippen molar-refractivity contribution in [3.63, 3.8) is 0 Å². The third-order valence-corrected chi connectivity index (χ3v) is 2.81. The van der Waals surface area contributed by atoms with Gasteiger partial charge in [0.25, 0.3) is 10.1 Å². The Labute approximate surface area is 76.5 Å². The van der Waals surface area contributed by atoms with Crippen LogP contribution in [-0.2, 0) is 10.1 Å². The van der Waals surface area contributed by atoms with Crippen LogP contribution in [0, 0.1) is 0 Å². The first-order valence-electron chi connectivity index (χ1n) is 3.58. The fraction of sp³-hybridized carbons (Fsp3) is 0.286. The second-order valence-electron chi connectivity index (χ2n) is 2.53. The van der Waals surface area contributed by atoms with Gasteiger partial charge in [0.15, 0.2) is 0 Å². The summed E-state index contributed by atoms with van der Waals surface area (Å²) >= 11 is 0. The SMILES string of the molecule is C=Cn1ccnc1C(C)S(=O)(=O)O. The highest BCUT2D eigenvalue weighted by Crippen LogP contribution is 2.18. The number of hydrogen-bond donors (Lipinski definition) is 1. The molecule has 0 saturated carbocycles. The minimum Gasteiger partial charge on any atom is -0.310 e. The molecular formula is C7H10N2O3S. The van der Waals surface area contributed by atoms with Crippen molar-refractivity contribution >= 4 is 16.3 Å². The van der Waals surface area contributed by atoms with Crippen LogP contribution in [0.5, 0.6) is 0 Å². The summed E-state index contributed by atoms with van der Waals surface area (Å²) in [4.78, 5) is 3.81. The Morgan fingerprint density at radius 2 is 2.38 bits per heavy atom. The van der Waals surface area contributed by atoms with Crippen LogP contribution in [0.15, 0.2) is 19.0 Å². The van der Waals surface area contributed by atoms with Crippen molar-refractivity contribution in [2.24, 2.45) is 0 Å². The highest BCUT2D eigenvalue weighted by Gasteiger charge is 2.23. The lowest BCUT2D eigenvalue weighted by molar-refractivity contribution is 0.469. The quantitative estimate of drug-likeness (QED) is 0.740. The van der Waals surface area contributed by atoms with E-state index in [1.165, 1.54) is 23.9 Å². The van der Waals surface area contributed by atoms with Gasteiger partial charge in [0.1, 0.15) is 11.1 Å². The van der Waals surface area contributed by atoms with Gasteiger partial charge in [-0.2, -0.15) is 8.42 Å². The first-order chi connectivity index (χ1) is 5.96. The summed E-state index contributed by atoms with van der Waals surface area (Å²) in [6.07, 6.45) is 4.42. The van der Waals surface area contributed by atoms with Crippen molar-refractivity contribution < 1.29 is 13.0 Å². The lowest BCUT2D eigenvalue weighted by atomic mass is 10.4. The van der Waals surface area contributed by atoms with Gasteiger partial charge >= 0.3 is 0 Å². The number of imidazole rings is 1. The summed E-state index contributed by atoms with van der Waals surface area (Å²) in [7, 11) is -4.09. The van der Waals surface area contributed by atoms with Crippen molar-refractivity contribution in [3.05, 3.63) is 24.8 Å². The van der Waals surface area contributed by atoms with E-state index < -0.39 is 15.4 Å². The van der Waals surface area contributed by atoms with Gasteiger partial charge in [0.05, 0.1) is 0 Å². The second kappa shape index (κ2) is 3.31. The molecule has 0 amide bonds. The van der Waals surface area contributed by atoms with Gasteiger partial charge in [-0.25, -0.2) is 4.98 Å².